The van der Waals surface area contributed by atoms with Gasteiger partial charge in [0.2, 0.25) is 0 Å². The lowest BCUT2D eigenvalue weighted by molar-refractivity contribution is 0.511. The van der Waals surface area contributed by atoms with Gasteiger partial charge in [-0.05, 0) is 96.8 Å². The van der Waals surface area contributed by atoms with Crippen LogP contribution >= 0.6 is 0 Å². The predicted molar refractivity (Wildman–Crippen MR) is 132 cm³/mol. The smallest absolute Gasteiger partial charge is 0.159 e. The zero-order valence-corrected chi connectivity index (χ0v) is 18.3. The van der Waals surface area contributed by atoms with E-state index in [9.17, 15) is 8.78 Å². The molecule has 0 unspecified atom stereocenters. The first kappa shape index (κ1) is 22.1. The third kappa shape index (κ3) is 5.97. The van der Waals surface area contributed by atoms with Crippen molar-refractivity contribution in [2.45, 2.75) is 19.8 Å². The van der Waals surface area contributed by atoms with Crippen molar-refractivity contribution in [3.63, 3.8) is 0 Å². The molecule has 0 saturated carbocycles. The van der Waals surface area contributed by atoms with Crippen molar-refractivity contribution in [1.82, 2.24) is 0 Å². The van der Waals surface area contributed by atoms with E-state index >= 15 is 0 Å². The van der Waals surface area contributed by atoms with Gasteiger partial charge in [0.1, 0.15) is 0 Å². The van der Waals surface area contributed by atoms with Gasteiger partial charge in [-0.3, -0.25) is 0 Å². The van der Waals surface area contributed by atoms with Crippen molar-refractivity contribution in [3.05, 3.63) is 130 Å². The maximum absolute atomic E-state index is 13.5. The summed E-state index contributed by atoms with van der Waals surface area (Å²) in [5, 5.41) is 1.27. The number of hydrogen-bond donors (Lipinski definition) is 0. The Hall–Kier alpha value is -4.14. The molecule has 0 amide bonds. The highest BCUT2D eigenvalue weighted by atomic mass is 19.2. The van der Waals surface area contributed by atoms with Crippen LogP contribution < -0.4 is 0 Å². The van der Waals surface area contributed by atoms with Crippen molar-refractivity contribution in [2.24, 2.45) is 0 Å². The van der Waals surface area contributed by atoms with Gasteiger partial charge in [0.25, 0.3) is 0 Å². The Morgan fingerprint density at radius 1 is 0.606 bits per heavy atom. The zero-order chi connectivity index (χ0) is 23.0. The van der Waals surface area contributed by atoms with Crippen molar-refractivity contribution < 1.29 is 8.78 Å². The molecule has 0 spiro atoms. The van der Waals surface area contributed by atoms with Crippen LogP contribution in [0.25, 0.3) is 10.8 Å². The van der Waals surface area contributed by atoms with E-state index in [1.165, 1.54) is 17.7 Å². The van der Waals surface area contributed by atoms with Crippen LogP contribution in [0.5, 0.6) is 0 Å². The van der Waals surface area contributed by atoms with E-state index in [1.54, 1.807) is 18.2 Å². The molecule has 0 aliphatic heterocycles. The molecule has 0 radical (unpaired) electrons. The first-order valence-electron chi connectivity index (χ1n) is 10.8. The lowest BCUT2D eigenvalue weighted by Gasteiger charge is -2.00. The normalized spacial score (nSPS) is 10.5. The average Bonchev–Trinajstić information content (AvgIpc) is 2.84. The molecule has 160 valence electrons. The molecular weight excluding hydrogens is 410 g/mol. The van der Waals surface area contributed by atoms with Crippen molar-refractivity contribution in [3.8, 4) is 23.7 Å². The molecule has 0 atom stereocenters. The minimum Gasteiger partial charge on any atom is -0.204 e. The number of benzene rings is 4. The van der Waals surface area contributed by atoms with Gasteiger partial charge in [0, 0.05) is 22.3 Å². The molecule has 4 rings (SSSR count). The summed E-state index contributed by atoms with van der Waals surface area (Å²) in [4.78, 5) is 0. The molecule has 33 heavy (non-hydrogen) atoms. The Bertz CT molecular complexity index is 1420. The number of halogens is 2. The first-order chi connectivity index (χ1) is 16.1. The van der Waals surface area contributed by atoms with Crippen LogP contribution in [-0.4, -0.2) is 0 Å². The second-order valence-electron chi connectivity index (χ2n) is 7.71. The second-order valence-corrected chi connectivity index (χ2v) is 7.71. The summed E-state index contributed by atoms with van der Waals surface area (Å²) < 4.78 is 26.8. The minimum absolute atomic E-state index is 0.622. The van der Waals surface area contributed by atoms with Crippen LogP contribution in [0.1, 0.15) is 41.2 Å². The van der Waals surface area contributed by atoms with Gasteiger partial charge in [-0.1, -0.05) is 54.0 Å². The van der Waals surface area contributed by atoms with Gasteiger partial charge in [0.05, 0.1) is 0 Å². The SMILES string of the molecule is C/C=C/CCc1ccc(C#Cc2ccc(C#Cc3ccc4cc(F)c(F)cc4c3)cc2)cc1. The number of rotatable bonds is 3. The number of allylic oxidation sites excluding steroid dienone is 2. The van der Waals surface area contributed by atoms with E-state index in [1.807, 2.05) is 31.2 Å². The maximum Gasteiger partial charge on any atom is 0.159 e. The zero-order valence-electron chi connectivity index (χ0n) is 18.3. The van der Waals surface area contributed by atoms with Crippen LogP contribution in [0.3, 0.4) is 0 Å². The molecule has 0 aliphatic rings. The first-order valence-corrected chi connectivity index (χ1v) is 10.8. The standard InChI is InChI=1S/C31H22F2/c1-2-3-4-5-23-6-8-24(9-7-23)10-11-25-12-14-26(15-13-25)16-17-27-18-19-28-21-30(32)31(33)22-29(28)20-27/h2-3,6-9,12-15,18-22H,4-5H2,1H3/b3-2+. The molecule has 0 aliphatic carbocycles. The van der Waals surface area contributed by atoms with Gasteiger partial charge >= 0.3 is 0 Å². The van der Waals surface area contributed by atoms with Gasteiger partial charge in [-0.25, -0.2) is 8.78 Å². The molecule has 0 bridgehead atoms. The van der Waals surface area contributed by atoms with E-state index < -0.39 is 11.6 Å². The van der Waals surface area contributed by atoms with Gasteiger partial charge in [-0.2, -0.15) is 0 Å². The van der Waals surface area contributed by atoms with Crippen LogP contribution in [0.4, 0.5) is 8.78 Å². The summed E-state index contributed by atoms with van der Waals surface area (Å²) in [6.07, 6.45) is 6.34. The summed E-state index contributed by atoms with van der Waals surface area (Å²) in [6.45, 7) is 2.04. The molecule has 4 aromatic carbocycles. The summed E-state index contributed by atoms with van der Waals surface area (Å²) >= 11 is 0. The molecule has 4 aromatic rings. The summed E-state index contributed by atoms with van der Waals surface area (Å²) in [6, 6.07) is 23.8. The fraction of sp³-hybridized carbons (Fsp3) is 0.0968. The highest BCUT2D eigenvalue weighted by Gasteiger charge is 2.04. The van der Waals surface area contributed by atoms with E-state index in [4.69, 9.17) is 0 Å². The van der Waals surface area contributed by atoms with Gasteiger partial charge in [0.15, 0.2) is 11.6 Å². The van der Waals surface area contributed by atoms with E-state index in [0.717, 1.165) is 35.1 Å². The quantitative estimate of drug-likeness (QED) is 0.233. The molecule has 0 heterocycles. The van der Waals surface area contributed by atoms with Crippen LogP contribution in [0.2, 0.25) is 0 Å². The van der Waals surface area contributed by atoms with E-state index in [-0.39, 0.29) is 0 Å². The second kappa shape index (κ2) is 10.4. The van der Waals surface area contributed by atoms with Crippen molar-refractivity contribution in [1.29, 1.82) is 0 Å². The molecule has 0 aromatic heterocycles. The average molecular weight is 433 g/mol. The highest BCUT2D eigenvalue weighted by molar-refractivity contribution is 5.84. The van der Waals surface area contributed by atoms with Crippen LogP contribution in [0.15, 0.2) is 91.0 Å². The molecule has 0 N–H and O–H groups in total. The molecule has 2 heteroatoms. The number of aryl methyl sites for hydroxylation is 1. The lowest BCUT2D eigenvalue weighted by Crippen LogP contribution is -1.85. The Morgan fingerprint density at radius 2 is 1.09 bits per heavy atom. The molecule has 0 nitrogen and oxygen atoms in total. The maximum atomic E-state index is 13.5. The monoisotopic (exact) mass is 432 g/mol. The fourth-order valence-electron chi connectivity index (χ4n) is 3.42. The Balaban J connectivity index is 1.43. The highest BCUT2D eigenvalue weighted by Crippen LogP contribution is 2.19. The van der Waals surface area contributed by atoms with Crippen molar-refractivity contribution in [2.75, 3.05) is 0 Å². The Labute approximate surface area is 193 Å². The summed E-state index contributed by atoms with van der Waals surface area (Å²) in [5.74, 6) is 10.9. The van der Waals surface area contributed by atoms with E-state index in [0.29, 0.717) is 10.8 Å². The van der Waals surface area contributed by atoms with E-state index in [2.05, 4.69) is 60.1 Å². The summed E-state index contributed by atoms with van der Waals surface area (Å²) in [7, 11) is 0. The third-order valence-corrected chi connectivity index (χ3v) is 5.26. The predicted octanol–water partition coefficient (Wildman–Crippen LogP) is 7.43. The van der Waals surface area contributed by atoms with Crippen molar-refractivity contribution >= 4 is 10.8 Å². The topological polar surface area (TPSA) is 0 Å². The lowest BCUT2D eigenvalue weighted by atomic mass is 10.1. The molecular formula is C31H22F2. The fourth-order valence-corrected chi connectivity index (χ4v) is 3.42. The molecule has 0 fully saturated rings. The minimum atomic E-state index is -0.857. The van der Waals surface area contributed by atoms with Gasteiger partial charge in [-0.15, -0.1) is 0 Å². The Kier molecular flexibility index (Phi) is 6.99. The number of fused-ring (bicyclic) bond motifs is 1. The third-order valence-electron chi connectivity index (χ3n) is 5.26. The van der Waals surface area contributed by atoms with Crippen LogP contribution in [0, 0.1) is 35.3 Å². The molecule has 0 saturated heterocycles. The van der Waals surface area contributed by atoms with Crippen LogP contribution in [-0.2, 0) is 6.42 Å². The summed E-state index contributed by atoms with van der Waals surface area (Å²) in [5.41, 5.74) is 4.82. The largest absolute Gasteiger partial charge is 0.204 e. The Morgan fingerprint density at radius 3 is 1.67 bits per heavy atom. The number of hydrogen-bond acceptors (Lipinski definition) is 0. The van der Waals surface area contributed by atoms with Gasteiger partial charge < -0.3 is 0 Å².